The smallest absolute Gasteiger partial charge is 0.328 e. The Morgan fingerprint density at radius 3 is 2.32 bits per heavy atom. The van der Waals surface area contributed by atoms with Crippen LogP contribution in [-0.4, -0.2) is 39.9 Å². The Morgan fingerprint density at radius 1 is 1.04 bits per heavy atom. The zero-order valence-corrected chi connectivity index (χ0v) is 15.2. The van der Waals surface area contributed by atoms with Crippen LogP contribution in [0.2, 0.25) is 0 Å². The van der Waals surface area contributed by atoms with Gasteiger partial charge in [0.1, 0.15) is 5.75 Å². The van der Waals surface area contributed by atoms with Crippen molar-refractivity contribution in [3.63, 3.8) is 0 Å². The minimum Gasteiger partial charge on any atom is -0.464 e. The van der Waals surface area contributed by atoms with Crippen LogP contribution < -0.4 is 15.4 Å². The zero-order valence-electron chi connectivity index (χ0n) is 15.2. The number of amides is 5. The monoisotopic (exact) mass is 381 g/mol. The molecule has 1 aromatic carbocycles. The van der Waals surface area contributed by atoms with E-state index in [0.29, 0.717) is 5.75 Å². The first-order valence-electron chi connectivity index (χ1n) is 8.98. The van der Waals surface area contributed by atoms with Gasteiger partial charge in [0.25, 0.3) is 11.8 Å². The maximum Gasteiger partial charge on any atom is 0.328 e. The Labute approximate surface area is 161 Å². The fourth-order valence-corrected chi connectivity index (χ4v) is 4.04. The summed E-state index contributed by atoms with van der Waals surface area (Å²) >= 11 is 0. The van der Waals surface area contributed by atoms with E-state index in [-0.39, 0.29) is 12.8 Å². The summed E-state index contributed by atoms with van der Waals surface area (Å²) < 4.78 is 6.22. The largest absolute Gasteiger partial charge is 0.464 e. The summed E-state index contributed by atoms with van der Waals surface area (Å²) in [6, 6.07) is 7.96. The van der Waals surface area contributed by atoms with Gasteiger partial charge in [0.05, 0.1) is 0 Å². The number of imide groups is 2. The molecular weight excluding hydrogens is 362 g/mol. The molecule has 8 nitrogen and oxygen atoms in total. The maximum atomic E-state index is 13.2. The second kappa shape index (κ2) is 6.33. The molecule has 3 aliphatic rings. The van der Waals surface area contributed by atoms with Crippen molar-refractivity contribution in [2.45, 2.75) is 31.0 Å². The molecule has 1 aliphatic carbocycles. The number of nitrogens with zero attached hydrogens (tertiary/aromatic N) is 1. The fraction of sp³-hybridized carbons (Fsp3) is 0.300. The zero-order chi connectivity index (χ0) is 19.9. The molecule has 2 N–H and O–H groups in total. The molecule has 0 radical (unpaired) electrons. The molecule has 8 heteroatoms. The predicted octanol–water partition coefficient (Wildman–Crippen LogP) is 1.25. The predicted molar refractivity (Wildman–Crippen MR) is 97.7 cm³/mol. The molecule has 144 valence electrons. The highest BCUT2D eigenvalue weighted by Crippen LogP contribution is 2.44. The van der Waals surface area contributed by atoms with Crippen molar-refractivity contribution in [1.29, 1.82) is 0 Å². The topological polar surface area (TPSA) is 105 Å². The summed E-state index contributed by atoms with van der Waals surface area (Å²) in [5, 5.41) is 4.26. The van der Waals surface area contributed by atoms with Crippen LogP contribution in [0.1, 0.15) is 19.8 Å². The van der Waals surface area contributed by atoms with E-state index in [1.807, 2.05) is 6.07 Å². The van der Waals surface area contributed by atoms with Gasteiger partial charge in [-0.05, 0) is 18.2 Å². The minimum absolute atomic E-state index is 0.0474. The molecular formula is C20H19N3O5. The lowest BCUT2D eigenvalue weighted by atomic mass is 9.87. The fourth-order valence-electron chi connectivity index (χ4n) is 4.04. The molecule has 0 unspecified atom stereocenters. The molecule has 0 saturated carbocycles. The highest BCUT2D eigenvalue weighted by molar-refractivity contribution is 6.24. The van der Waals surface area contributed by atoms with Crippen LogP contribution in [-0.2, 0) is 14.4 Å². The van der Waals surface area contributed by atoms with Crippen LogP contribution in [0.4, 0.5) is 4.79 Å². The summed E-state index contributed by atoms with van der Waals surface area (Å²) in [5.41, 5.74) is -3.25. The molecule has 28 heavy (non-hydrogen) atoms. The third kappa shape index (κ3) is 2.52. The highest BCUT2D eigenvalue weighted by atomic mass is 16.5. The van der Waals surface area contributed by atoms with Crippen molar-refractivity contribution in [3.8, 4) is 5.75 Å². The Hall–Kier alpha value is -3.42. The number of likely N-dealkylation sites (tertiary alicyclic amines) is 1. The first-order chi connectivity index (χ1) is 13.4. The molecule has 2 saturated heterocycles. The summed E-state index contributed by atoms with van der Waals surface area (Å²) in [6.45, 7) is 1.65. The standard InChI is InChI=1S/C20H19N3O5/c1-13-12-20(16(25)21-18(27)22-17(20)26)23(15(13)24)19(10-6-3-7-11-19)28-14-8-4-2-5-9-14/h2-10,13H,11-12H2,1H3,(H2,21,22,25,26,27)/t13-,19-/m1/s1. The van der Waals surface area contributed by atoms with Gasteiger partial charge in [-0.1, -0.05) is 43.4 Å². The molecule has 1 aromatic rings. The van der Waals surface area contributed by atoms with Gasteiger partial charge in [0, 0.05) is 18.8 Å². The first kappa shape index (κ1) is 18.0. The number of benzene rings is 1. The highest BCUT2D eigenvalue weighted by Gasteiger charge is 2.67. The van der Waals surface area contributed by atoms with Crippen LogP contribution in [0.15, 0.2) is 54.6 Å². The Kier molecular flexibility index (Phi) is 4.06. The Balaban J connectivity index is 1.86. The van der Waals surface area contributed by atoms with Crippen molar-refractivity contribution in [2.75, 3.05) is 0 Å². The Morgan fingerprint density at radius 2 is 1.71 bits per heavy atom. The number of hydrogen-bond acceptors (Lipinski definition) is 5. The first-order valence-corrected chi connectivity index (χ1v) is 8.98. The van der Waals surface area contributed by atoms with E-state index in [1.165, 1.54) is 4.90 Å². The number of carbonyl (C=O) groups is 4. The van der Waals surface area contributed by atoms with E-state index < -0.39 is 40.9 Å². The van der Waals surface area contributed by atoms with Crippen molar-refractivity contribution >= 4 is 23.8 Å². The molecule has 2 fully saturated rings. The minimum atomic E-state index is -1.87. The molecule has 2 atom stereocenters. The number of barbiturate groups is 1. The van der Waals surface area contributed by atoms with E-state index in [0.717, 1.165) is 0 Å². The van der Waals surface area contributed by atoms with E-state index in [9.17, 15) is 19.2 Å². The summed E-state index contributed by atoms with van der Waals surface area (Å²) in [6.07, 6.45) is 7.17. The SMILES string of the molecule is C[C@@H]1CC2(C(=O)NC(=O)NC2=O)N([C@@]2(Oc3ccccc3)C=CC=CC2)C1=O. The molecule has 2 heterocycles. The van der Waals surface area contributed by atoms with Crippen molar-refractivity contribution in [2.24, 2.45) is 5.92 Å². The van der Waals surface area contributed by atoms with Gasteiger partial charge in [0.2, 0.25) is 17.2 Å². The van der Waals surface area contributed by atoms with Gasteiger partial charge in [-0.25, -0.2) is 4.79 Å². The van der Waals surface area contributed by atoms with E-state index in [2.05, 4.69) is 10.6 Å². The van der Waals surface area contributed by atoms with Crippen molar-refractivity contribution < 1.29 is 23.9 Å². The van der Waals surface area contributed by atoms with Gasteiger partial charge in [-0.2, -0.15) is 0 Å². The lowest BCUT2D eigenvalue weighted by Gasteiger charge is -2.48. The quantitative estimate of drug-likeness (QED) is 0.767. The van der Waals surface area contributed by atoms with Crippen molar-refractivity contribution in [3.05, 3.63) is 54.6 Å². The van der Waals surface area contributed by atoms with Gasteiger partial charge in [0.15, 0.2) is 0 Å². The number of ether oxygens (including phenoxy) is 1. The summed E-state index contributed by atoms with van der Waals surface area (Å²) in [7, 11) is 0. The van der Waals surface area contributed by atoms with Gasteiger partial charge >= 0.3 is 6.03 Å². The number of nitrogens with one attached hydrogen (secondary N) is 2. The molecule has 4 rings (SSSR count). The second-order valence-electron chi connectivity index (χ2n) is 7.13. The third-order valence-corrected chi connectivity index (χ3v) is 5.26. The maximum absolute atomic E-state index is 13.2. The van der Waals surface area contributed by atoms with Crippen LogP contribution in [0.5, 0.6) is 5.75 Å². The van der Waals surface area contributed by atoms with Crippen molar-refractivity contribution in [1.82, 2.24) is 15.5 Å². The van der Waals surface area contributed by atoms with Gasteiger partial charge in [-0.15, -0.1) is 0 Å². The molecule has 0 bridgehead atoms. The lowest BCUT2D eigenvalue weighted by Crippen LogP contribution is -2.76. The van der Waals surface area contributed by atoms with Crippen LogP contribution in [0.25, 0.3) is 0 Å². The normalized spacial score (nSPS) is 28.5. The van der Waals surface area contributed by atoms with Crippen LogP contribution >= 0.6 is 0 Å². The molecule has 0 aromatic heterocycles. The number of carbonyl (C=O) groups excluding carboxylic acids is 4. The van der Waals surface area contributed by atoms with Gasteiger partial charge < -0.3 is 4.74 Å². The second-order valence-corrected chi connectivity index (χ2v) is 7.13. The number of urea groups is 1. The van der Waals surface area contributed by atoms with E-state index >= 15 is 0 Å². The molecule has 5 amide bonds. The van der Waals surface area contributed by atoms with Gasteiger partial charge in [-0.3, -0.25) is 29.9 Å². The van der Waals surface area contributed by atoms with Crippen LogP contribution in [0.3, 0.4) is 0 Å². The number of rotatable bonds is 3. The number of hydrogen-bond donors (Lipinski definition) is 2. The number of para-hydroxylation sites is 1. The van der Waals surface area contributed by atoms with Crippen LogP contribution in [0, 0.1) is 5.92 Å². The molecule has 1 spiro atoms. The average Bonchev–Trinajstić information content (AvgIpc) is 2.94. The summed E-state index contributed by atoms with van der Waals surface area (Å²) in [5.74, 6) is -2.15. The average molecular weight is 381 g/mol. The van der Waals surface area contributed by atoms with E-state index in [1.54, 1.807) is 55.5 Å². The summed E-state index contributed by atoms with van der Waals surface area (Å²) in [4.78, 5) is 51.8. The van der Waals surface area contributed by atoms with E-state index in [4.69, 9.17) is 4.74 Å². The Bertz CT molecular complexity index is 903. The molecule has 2 aliphatic heterocycles. The number of allylic oxidation sites excluding steroid dienone is 2. The lowest BCUT2D eigenvalue weighted by molar-refractivity contribution is -0.169. The third-order valence-electron chi connectivity index (χ3n) is 5.26.